The van der Waals surface area contributed by atoms with Crippen molar-refractivity contribution in [3.8, 4) is 5.69 Å². The van der Waals surface area contributed by atoms with Gasteiger partial charge in [0.1, 0.15) is 0 Å². The van der Waals surface area contributed by atoms with Crippen molar-refractivity contribution in [3.05, 3.63) is 86.3 Å². The van der Waals surface area contributed by atoms with Crippen molar-refractivity contribution in [1.82, 2.24) is 20.2 Å². The number of para-hydroxylation sites is 1. The minimum absolute atomic E-state index is 0.0616. The standard InChI is InChI=1S/C25H24N4O3S2/c1-16-12-17(2)14-18(13-16)29-23(31)20-7-3-4-8-21(20)27-25(29)34-15-22(30)28-24(32)26-10-9-19-6-5-11-33-19/h3-8,11-14H,9-10,15H2,1-2H3,(H2,26,28,30,32). The van der Waals surface area contributed by atoms with Gasteiger partial charge in [0.05, 0.1) is 22.3 Å². The first-order valence-corrected chi connectivity index (χ1v) is 12.6. The number of benzene rings is 2. The van der Waals surface area contributed by atoms with E-state index in [0.717, 1.165) is 27.8 Å². The van der Waals surface area contributed by atoms with E-state index < -0.39 is 11.9 Å². The number of fused-ring (bicyclic) bond motifs is 1. The summed E-state index contributed by atoms with van der Waals surface area (Å²) in [5.74, 6) is -0.526. The molecule has 0 atom stereocenters. The Bertz CT molecular complexity index is 1380. The summed E-state index contributed by atoms with van der Waals surface area (Å²) < 4.78 is 1.53. The maximum absolute atomic E-state index is 13.4. The molecule has 3 amide bonds. The Morgan fingerprint density at radius 2 is 1.82 bits per heavy atom. The van der Waals surface area contributed by atoms with Crippen LogP contribution >= 0.6 is 23.1 Å². The summed E-state index contributed by atoms with van der Waals surface area (Å²) in [6.45, 7) is 4.37. The van der Waals surface area contributed by atoms with E-state index in [1.165, 1.54) is 4.57 Å². The number of hydrogen-bond acceptors (Lipinski definition) is 6. The summed E-state index contributed by atoms with van der Waals surface area (Å²) >= 11 is 2.74. The van der Waals surface area contributed by atoms with Crippen molar-refractivity contribution < 1.29 is 9.59 Å². The van der Waals surface area contributed by atoms with Crippen LogP contribution in [0.3, 0.4) is 0 Å². The van der Waals surface area contributed by atoms with Crippen molar-refractivity contribution in [2.75, 3.05) is 12.3 Å². The fourth-order valence-corrected chi connectivity index (χ4v) is 5.13. The lowest BCUT2D eigenvalue weighted by Gasteiger charge is -2.14. The van der Waals surface area contributed by atoms with Crippen LogP contribution in [-0.2, 0) is 11.2 Å². The molecule has 0 fully saturated rings. The number of imide groups is 1. The fourth-order valence-electron chi connectivity index (χ4n) is 3.61. The number of hydrogen-bond donors (Lipinski definition) is 2. The number of amides is 3. The zero-order chi connectivity index (χ0) is 24.1. The summed E-state index contributed by atoms with van der Waals surface area (Å²) in [5.41, 5.74) is 3.08. The van der Waals surface area contributed by atoms with Gasteiger partial charge in [0, 0.05) is 11.4 Å². The van der Waals surface area contributed by atoms with Gasteiger partial charge in [-0.2, -0.15) is 0 Å². The van der Waals surface area contributed by atoms with Gasteiger partial charge in [0.15, 0.2) is 5.16 Å². The lowest BCUT2D eigenvalue weighted by atomic mass is 10.1. The minimum Gasteiger partial charge on any atom is -0.337 e. The van der Waals surface area contributed by atoms with E-state index in [4.69, 9.17) is 0 Å². The predicted molar refractivity (Wildman–Crippen MR) is 137 cm³/mol. The van der Waals surface area contributed by atoms with Gasteiger partial charge in [-0.25, -0.2) is 9.78 Å². The van der Waals surface area contributed by atoms with Crippen LogP contribution in [-0.4, -0.2) is 33.8 Å². The van der Waals surface area contributed by atoms with Gasteiger partial charge in [-0.3, -0.25) is 19.5 Å². The maximum atomic E-state index is 13.4. The molecular weight excluding hydrogens is 468 g/mol. The molecular formula is C25H24N4O3S2. The second kappa shape index (κ2) is 10.7. The molecule has 0 unspecified atom stereocenters. The summed E-state index contributed by atoms with van der Waals surface area (Å²) in [4.78, 5) is 43.6. The van der Waals surface area contributed by atoms with E-state index in [1.807, 2.05) is 55.6 Å². The molecule has 2 heterocycles. The van der Waals surface area contributed by atoms with Crippen molar-refractivity contribution in [2.45, 2.75) is 25.4 Å². The van der Waals surface area contributed by atoms with Crippen LogP contribution < -0.4 is 16.2 Å². The molecule has 174 valence electrons. The normalized spacial score (nSPS) is 10.9. The Morgan fingerprint density at radius 1 is 1.06 bits per heavy atom. The Kier molecular flexibility index (Phi) is 7.44. The van der Waals surface area contributed by atoms with E-state index in [2.05, 4.69) is 15.6 Å². The van der Waals surface area contributed by atoms with Gasteiger partial charge in [0.2, 0.25) is 5.91 Å². The van der Waals surface area contributed by atoms with E-state index in [-0.39, 0.29) is 11.3 Å². The highest BCUT2D eigenvalue weighted by Gasteiger charge is 2.16. The number of aryl methyl sites for hydroxylation is 2. The molecule has 7 nitrogen and oxygen atoms in total. The molecule has 2 aromatic carbocycles. The van der Waals surface area contributed by atoms with Gasteiger partial charge in [-0.1, -0.05) is 36.0 Å². The molecule has 0 aliphatic carbocycles. The summed E-state index contributed by atoms with van der Waals surface area (Å²) in [5, 5.41) is 7.90. The summed E-state index contributed by atoms with van der Waals surface area (Å²) in [6, 6.07) is 16.4. The quantitative estimate of drug-likeness (QED) is 0.298. The maximum Gasteiger partial charge on any atom is 0.321 e. The van der Waals surface area contributed by atoms with Crippen LogP contribution in [0.25, 0.3) is 16.6 Å². The molecule has 0 aliphatic heterocycles. The molecule has 34 heavy (non-hydrogen) atoms. The fraction of sp³-hybridized carbons (Fsp3) is 0.200. The molecule has 0 saturated carbocycles. The topological polar surface area (TPSA) is 93.1 Å². The van der Waals surface area contributed by atoms with Crippen LogP contribution in [0.15, 0.2) is 69.9 Å². The van der Waals surface area contributed by atoms with Crippen molar-refractivity contribution in [3.63, 3.8) is 0 Å². The Morgan fingerprint density at radius 3 is 2.56 bits per heavy atom. The Balaban J connectivity index is 1.50. The van der Waals surface area contributed by atoms with Crippen LogP contribution in [0.2, 0.25) is 0 Å². The molecule has 4 rings (SSSR count). The number of thioether (sulfide) groups is 1. The van der Waals surface area contributed by atoms with E-state index in [0.29, 0.717) is 34.7 Å². The molecule has 0 saturated heterocycles. The van der Waals surface area contributed by atoms with Crippen molar-refractivity contribution in [2.24, 2.45) is 0 Å². The summed E-state index contributed by atoms with van der Waals surface area (Å²) in [7, 11) is 0. The van der Waals surface area contributed by atoms with Gasteiger partial charge >= 0.3 is 6.03 Å². The molecule has 0 spiro atoms. The molecule has 0 bridgehead atoms. The van der Waals surface area contributed by atoms with E-state index >= 15 is 0 Å². The number of rotatable bonds is 7. The van der Waals surface area contributed by atoms with E-state index in [9.17, 15) is 14.4 Å². The van der Waals surface area contributed by atoms with Crippen molar-refractivity contribution in [1.29, 1.82) is 0 Å². The number of carbonyl (C=O) groups excluding carboxylic acids is 2. The number of thiophene rings is 1. The van der Waals surface area contributed by atoms with Gasteiger partial charge in [-0.05, 0) is 67.1 Å². The van der Waals surface area contributed by atoms with Crippen molar-refractivity contribution >= 4 is 45.9 Å². The lowest BCUT2D eigenvalue weighted by molar-refractivity contribution is -0.117. The van der Waals surface area contributed by atoms with Gasteiger partial charge in [0.25, 0.3) is 5.56 Å². The Labute approximate surface area is 205 Å². The SMILES string of the molecule is Cc1cc(C)cc(-n2c(SCC(=O)NC(=O)NCCc3cccs3)nc3ccccc3c2=O)c1. The largest absolute Gasteiger partial charge is 0.337 e. The van der Waals surface area contributed by atoms with Crippen LogP contribution in [0, 0.1) is 13.8 Å². The van der Waals surface area contributed by atoms with Gasteiger partial charge < -0.3 is 5.32 Å². The minimum atomic E-state index is -0.541. The average molecular weight is 493 g/mol. The number of carbonyl (C=O) groups is 2. The zero-order valence-electron chi connectivity index (χ0n) is 18.8. The Hall–Kier alpha value is -3.43. The van der Waals surface area contributed by atoms with Gasteiger partial charge in [-0.15, -0.1) is 11.3 Å². The van der Waals surface area contributed by atoms with Crippen LogP contribution in [0.1, 0.15) is 16.0 Å². The number of aromatic nitrogens is 2. The van der Waals surface area contributed by atoms with Crippen LogP contribution in [0.4, 0.5) is 4.79 Å². The highest BCUT2D eigenvalue weighted by atomic mass is 32.2. The third-order valence-corrected chi connectivity index (χ3v) is 6.91. The number of urea groups is 1. The second-order valence-corrected chi connectivity index (χ2v) is 9.79. The molecule has 0 aliphatic rings. The number of nitrogens with zero attached hydrogens (tertiary/aromatic N) is 2. The predicted octanol–water partition coefficient (Wildman–Crippen LogP) is 4.22. The third kappa shape index (κ3) is 5.73. The monoisotopic (exact) mass is 492 g/mol. The zero-order valence-corrected chi connectivity index (χ0v) is 20.5. The highest BCUT2D eigenvalue weighted by molar-refractivity contribution is 7.99. The average Bonchev–Trinajstić information content (AvgIpc) is 3.30. The molecule has 0 radical (unpaired) electrons. The first-order valence-electron chi connectivity index (χ1n) is 10.7. The molecule has 2 aromatic heterocycles. The summed E-state index contributed by atoms with van der Waals surface area (Å²) in [6.07, 6.45) is 0.706. The molecule has 4 aromatic rings. The lowest BCUT2D eigenvalue weighted by Crippen LogP contribution is -2.41. The first kappa shape index (κ1) is 23.7. The first-order chi connectivity index (χ1) is 16.4. The molecule has 9 heteroatoms. The molecule has 2 N–H and O–H groups in total. The third-order valence-electron chi connectivity index (χ3n) is 5.03. The van der Waals surface area contributed by atoms with E-state index in [1.54, 1.807) is 29.5 Å². The number of nitrogens with one attached hydrogen (secondary N) is 2. The smallest absolute Gasteiger partial charge is 0.321 e. The second-order valence-electron chi connectivity index (χ2n) is 7.82. The highest BCUT2D eigenvalue weighted by Crippen LogP contribution is 2.22. The van der Waals surface area contributed by atoms with Crippen LogP contribution in [0.5, 0.6) is 0 Å².